The standard InChI is InChI=1S/C16H26N2O3/c1-4-21-11-13-5-7-14(8-6-13)17-16(20)18-15(10-19)9-12(2)3/h5-8,12,15,19H,4,9-11H2,1-3H3,(H2,17,18,20). The fraction of sp³-hybridized carbons (Fsp3) is 0.562. The molecule has 0 saturated heterocycles. The van der Waals surface area contributed by atoms with Crippen LogP contribution in [-0.2, 0) is 11.3 Å². The van der Waals surface area contributed by atoms with E-state index in [0.717, 1.165) is 12.0 Å². The van der Waals surface area contributed by atoms with Gasteiger partial charge in [0.05, 0.1) is 19.3 Å². The number of anilines is 1. The smallest absolute Gasteiger partial charge is 0.319 e. The Morgan fingerprint density at radius 1 is 1.29 bits per heavy atom. The summed E-state index contributed by atoms with van der Waals surface area (Å²) < 4.78 is 5.32. The Balaban J connectivity index is 2.46. The van der Waals surface area contributed by atoms with E-state index in [2.05, 4.69) is 24.5 Å². The summed E-state index contributed by atoms with van der Waals surface area (Å²) in [5, 5.41) is 14.8. The van der Waals surface area contributed by atoms with Gasteiger partial charge in [-0.15, -0.1) is 0 Å². The first kappa shape index (κ1) is 17.5. The number of urea groups is 1. The molecule has 0 heterocycles. The average Bonchev–Trinajstić information content (AvgIpc) is 2.45. The molecule has 0 fully saturated rings. The minimum atomic E-state index is -0.299. The van der Waals surface area contributed by atoms with Crippen LogP contribution in [0.1, 0.15) is 32.8 Å². The van der Waals surface area contributed by atoms with Gasteiger partial charge in [0, 0.05) is 12.3 Å². The summed E-state index contributed by atoms with van der Waals surface area (Å²) in [6.45, 7) is 7.26. The van der Waals surface area contributed by atoms with Crippen molar-refractivity contribution in [3.8, 4) is 0 Å². The number of ether oxygens (including phenoxy) is 1. The summed E-state index contributed by atoms with van der Waals surface area (Å²) in [7, 11) is 0. The molecule has 1 rings (SSSR count). The van der Waals surface area contributed by atoms with E-state index < -0.39 is 0 Å². The maximum absolute atomic E-state index is 11.9. The van der Waals surface area contributed by atoms with Gasteiger partial charge in [-0.25, -0.2) is 4.79 Å². The SMILES string of the molecule is CCOCc1ccc(NC(=O)NC(CO)CC(C)C)cc1. The zero-order valence-corrected chi connectivity index (χ0v) is 13.1. The monoisotopic (exact) mass is 294 g/mol. The van der Waals surface area contributed by atoms with Crippen LogP contribution >= 0.6 is 0 Å². The lowest BCUT2D eigenvalue weighted by molar-refractivity contribution is 0.134. The summed E-state index contributed by atoms with van der Waals surface area (Å²) in [6, 6.07) is 7.00. The van der Waals surface area contributed by atoms with Crippen LogP contribution < -0.4 is 10.6 Å². The van der Waals surface area contributed by atoms with E-state index >= 15 is 0 Å². The molecule has 3 N–H and O–H groups in total. The van der Waals surface area contributed by atoms with Crippen LogP contribution in [-0.4, -0.2) is 30.4 Å². The van der Waals surface area contributed by atoms with Gasteiger partial charge in [-0.3, -0.25) is 0 Å². The van der Waals surface area contributed by atoms with Crippen molar-refractivity contribution in [2.75, 3.05) is 18.5 Å². The first-order valence-electron chi connectivity index (χ1n) is 7.40. The average molecular weight is 294 g/mol. The van der Waals surface area contributed by atoms with Crippen LogP contribution in [0.4, 0.5) is 10.5 Å². The Bertz CT molecular complexity index is 418. The molecule has 0 bridgehead atoms. The van der Waals surface area contributed by atoms with E-state index in [9.17, 15) is 9.90 Å². The molecular weight excluding hydrogens is 268 g/mol. The summed E-state index contributed by atoms with van der Waals surface area (Å²) in [6.07, 6.45) is 0.747. The third-order valence-corrected chi connectivity index (χ3v) is 3.00. The molecule has 1 atom stereocenters. The van der Waals surface area contributed by atoms with Gasteiger partial charge < -0.3 is 20.5 Å². The van der Waals surface area contributed by atoms with Gasteiger partial charge in [0.2, 0.25) is 0 Å². The van der Waals surface area contributed by atoms with Crippen molar-refractivity contribution < 1.29 is 14.6 Å². The molecule has 0 aliphatic carbocycles. The van der Waals surface area contributed by atoms with Gasteiger partial charge in [0.1, 0.15) is 0 Å². The predicted molar refractivity (Wildman–Crippen MR) is 84.3 cm³/mol. The van der Waals surface area contributed by atoms with Crippen molar-refractivity contribution in [1.82, 2.24) is 5.32 Å². The molecule has 21 heavy (non-hydrogen) atoms. The summed E-state index contributed by atoms with van der Waals surface area (Å²) >= 11 is 0. The Labute approximate surface area is 126 Å². The quantitative estimate of drug-likeness (QED) is 0.690. The fourth-order valence-corrected chi connectivity index (χ4v) is 2.00. The van der Waals surface area contributed by atoms with Crippen LogP contribution in [0.5, 0.6) is 0 Å². The highest BCUT2D eigenvalue weighted by atomic mass is 16.5. The van der Waals surface area contributed by atoms with Gasteiger partial charge in [0.15, 0.2) is 0 Å². The lowest BCUT2D eigenvalue weighted by Gasteiger charge is -2.18. The number of carbonyl (C=O) groups is 1. The molecule has 1 aromatic rings. The molecule has 1 aromatic carbocycles. The second-order valence-electron chi connectivity index (χ2n) is 5.44. The maximum atomic E-state index is 11.9. The van der Waals surface area contributed by atoms with Crippen molar-refractivity contribution in [1.29, 1.82) is 0 Å². The summed E-state index contributed by atoms with van der Waals surface area (Å²) in [5.74, 6) is 0.417. The largest absolute Gasteiger partial charge is 0.394 e. The molecule has 5 nitrogen and oxygen atoms in total. The Morgan fingerprint density at radius 3 is 2.48 bits per heavy atom. The number of rotatable bonds is 8. The highest BCUT2D eigenvalue weighted by Gasteiger charge is 2.12. The zero-order valence-electron chi connectivity index (χ0n) is 13.1. The number of hydrogen-bond acceptors (Lipinski definition) is 3. The van der Waals surface area contributed by atoms with Crippen molar-refractivity contribution in [2.45, 2.75) is 39.8 Å². The van der Waals surface area contributed by atoms with Crippen LogP contribution in [0.25, 0.3) is 0 Å². The van der Waals surface area contributed by atoms with Crippen molar-refractivity contribution in [3.05, 3.63) is 29.8 Å². The van der Waals surface area contributed by atoms with Gasteiger partial charge >= 0.3 is 6.03 Å². The molecule has 0 spiro atoms. The molecule has 0 saturated carbocycles. The van der Waals surface area contributed by atoms with Crippen LogP contribution in [0.2, 0.25) is 0 Å². The van der Waals surface area contributed by atoms with Gasteiger partial charge in [-0.1, -0.05) is 26.0 Å². The van der Waals surface area contributed by atoms with Crippen molar-refractivity contribution in [3.63, 3.8) is 0 Å². The zero-order chi connectivity index (χ0) is 15.7. The third kappa shape index (κ3) is 7.11. The Kier molecular flexibility index (Phi) is 7.79. The minimum Gasteiger partial charge on any atom is -0.394 e. The topological polar surface area (TPSA) is 70.6 Å². The number of nitrogens with one attached hydrogen (secondary N) is 2. The molecule has 0 aliphatic heterocycles. The lowest BCUT2D eigenvalue weighted by atomic mass is 10.0. The number of hydrogen-bond donors (Lipinski definition) is 3. The highest BCUT2D eigenvalue weighted by molar-refractivity contribution is 5.89. The van der Waals surface area contributed by atoms with E-state index in [1.165, 1.54) is 0 Å². The molecule has 1 unspecified atom stereocenters. The van der Waals surface area contributed by atoms with E-state index in [-0.39, 0.29) is 18.7 Å². The molecule has 118 valence electrons. The minimum absolute atomic E-state index is 0.0567. The van der Waals surface area contributed by atoms with Crippen molar-refractivity contribution in [2.24, 2.45) is 5.92 Å². The Hall–Kier alpha value is -1.59. The van der Waals surface area contributed by atoms with E-state index in [1.54, 1.807) is 0 Å². The van der Waals surface area contributed by atoms with E-state index in [1.807, 2.05) is 31.2 Å². The highest BCUT2D eigenvalue weighted by Crippen LogP contribution is 2.11. The summed E-state index contributed by atoms with van der Waals surface area (Å²) in [5.41, 5.74) is 1.78. The van der Waals surface area contributed by atoms with Crippen LogP contribution in [0.3, 0.4) is 0 Å². The van der Waals surface area contributed by atoms with Crippen LogP contribution in [0.15, 0.2) is 24.3 Å². The normalized spacial score (nSPS) is 12.2. The number of aliphatic hydroxyl groups excluding tert-OH is 1. The number of amides is 2. The molecule has 0 aliphatic rings. The molecule has 5 heteroatoms. The van der Waals surface area contributed by atoms with Crippen LogP contribution in [0, 0.1) is 5.92 Å². The lowest BCUT2D eigenvalue weighted by Crippen LogP contribution is -2.40. The number of carbonyl (C=O) groups excluding carboxylic acids is 1. The molecule has 0 radical (unpaired) electrons. The second-order valence-corrected chi connectivity index (χ2v) is 5.44. The third-order valence-electron chi connectivity index (χ3n) is 3.00. The molecular formula is C16H26N2O3. The molecule has 0 aromatic heterocycles. The maximum Gasteiger partial charge on any atom is 0.319 e. The predicted octanol–water partition coefficient (Wildman–Crippen LogP) is 2.75. The fourth-order valence-electron chi connectivity index (χ4n) is 2.00. The van der Waals surface area contributed by atoms with Crippen molar-refractivity contribution >= 4 is 11.7 Å². The summed E-state index contributed by atoms with van der Waals surface area (Å²) in [4.78, 5) is 11.9. The van der Waals surface area contributed by atoms with E-state index in [4.69, 9.17) is 4.74 Å². The molecule has 2 amide bonds. The van der Waals surface area contributed by atoms with E-state index in [0.29, 0.717) is 24.8 Å². The number of benzene rings is 1. The van der Waals surface area contributed by atoms with Gasteiger partial charge in [-0.05, 0) is 37.0 Å². The Morgan fingerprint density at radius 2 is 1.95 bits per heavy atom. The van der Waals surface area contributed by atoms with Gasteiger partial charge in [-0.2, -0.15) is 0 Å². The number of aliphatic hydroxyl groups is 1. The second kappa shape index (κ2) is 9.37. The van der Waals surface area contributed by atoms with Gasteiger partial charge in [0.25, 0.3) is 0 Å². The first-order valence-corrected chi connectivity index (χ1v) is 7.40. The first-order chi connectivity index (χ1) is 10.0.